The lowest BCUT2D eigenvalue weighted by atomic mass is 10.1. The van der Waals surface area contributed by atoms with Gasteiger partial charge in [0.25, 0.3) is 5.91 Å². The van der Waals surface area contributed by atoms with Crippen molar-refractivity contribution in [3.8, 4) is 5.75 Å². The normalized spacial score (nSPS) is 11.7. The van der Waals surface area contributed by atoms with Crippen LogP contribution in [0.4, 0.5) is 5.69 Å². The second-order valence-electron chi connectivity index (χ2n) is 3.83. The maximum absolute atomic E-state index is 12.0. The molecule has 7 heteroatoms. The Morgan fingerprint density at radius 2 is 2.26 bits per heavy atom. The number of benzene rings is 1. The number of hydrogen-bond acceptors (Lipinski definition) is 4. The third-order valence-corrected chi connectivity index (χ3v) is 2.59. The highest BCUT2D eigenvalue weighted by atomic mass is 79.9. The van der Waals surface area contributed by atoms with E-state index in [1.54, 1.807) is 6.92 Å². The molecule has 0 heterocycles. The lowest BCUT2D eigenvalue weighted by Gasteiger charge is -2.11. The quantitative estimate of drug-likeness (QED) is 0.493. The topological polar surface area (TPSA) is 81.5 Å². The van der Waals surface area contributed by atoms with Gasteiger partial charge in [0, 0.05) is 17.4 Å². The number of carbonyl (C=O) groups is 1. The summed E-state index contributed by atoms with van der Waals surface area (Å²) in [6.07, 6.45) is 0. The van der Waals surface area contributed by atoms with Gasteiger partial charge in [-0.3, -0.25) is 14.9 Å². The van der Waals surface area contributed by atoms with Gasteiger partial charge in [0.2, 0.25) is 5.75 Å². The van der Waals surface area contributed by atoms with Crippen molar-refractivity contribution in [3.05, 3.63) is 33.9 Å². The van der Waals surface area contributed by atoms with Crippen molar-refractivity contribution in [2.24, 2.45) is 0 Å². The molecule has 0 radical (unpaired) electrons. The summed E-state index contributed by atoms with van der Waals surface area (Å²) >= 11 is 3.31. The lowest BCUT2D eigenvalue weighted by Crippen LogP contribution is -2.28. The number of nitrogens with one attached hydrogen (secondary N) is 1. The maximum Gasteiger partial charge on any atom is 0.311 e. The molecule has 1 N–H and O–H groups in total. The molecule has 0 fully saturated rings. The Hall–Kier alpha value is -1.63. The number of halogens is 1. The molecule has 104 valence electrons. The van der Waals surface area contributed by atoms with Gasteiger partial charge in [0.15, 0.2) is 0 Å². The fourth-order valence-electron chi connectivity index (χ4n) is 1.47. The minimum absolute atomic E-state index is 0.00901. The lowest BCUT2D eigenvalue weighted by molar-refractivity contribution is -0.385. The first-order valence-corrected chi connectivity index (χ1v) is 6.71. The first kappa shape index (κ1) is 15.4. The molecule has 1 atom stereocenters. The van der Waals surface area contributed by atoms with Crippen molar-refractivity contribution < 1.29 is 14.5 Å². The highest BCUT2D eigenvalue weighted by Crippen LogP contribution is 2.30. The summed E-state index contributed by atoms with van der Waals surface area (Å²) in [5.41, 5.74) is -0.0365. The molecule has 0 bridgehead atoms. The molecule has 1 aromatic rings. The molecular formula is C12H15BrN2O4. The molecule has 6 nitrogen and oxygen atoms in total. The third kappa shape index (κ3) is 4.20. The number of rotatable bonds is 6. The van der Waals surface area contributed by atoms with Crippen LogP contribution in [0.3, 0.4) is 0 Å². The summed E-state index contributed by atoms with van der Waals surface area (Å²) in [6.45, 7) is 4.27. The zero-order chi connectivity index (χ0) is 14.4. The van der Waals surface area contributed by atoms with Crippen LogP contribution in [0.1, 0.15) is 24.2 Å². The first-order valence-electron chi connectivity index (χ1n) is 5.79. The van der Waals surface area contributed by atoms with E-state index in [0.717, 1.165) is 0 Å². The second-order valence-corrected chi connectivity index (χ2v) is 5.40. The van der Waals surface area contributed by atoms with Crippen LogP contribution in [0.5, 0.6) is 5.75 Å². The van der Waals surface area contributed by atoms with E-state index >= 15 is 0 Å². The molecule has 0 aliphatic heterocycles. The predicted octanol–water partition coefficient (Wildman–Crippen LogP) is 2.51. The van der Waals surface area contributed by atoms with Crippen LogP contribution in [0.2, 0.25) is 0 Å². The highest BCUT2D eigenvalue weighted by Gasteiger charge is 2.22. The van der Waals surface area contributed by atoms with Gasteiger partial charge in [-0.2, -0.15) is 0 Å². The number of alkyl halides is 1. The third-order valence-electron chi connectivity index (χ3n) is 2.27. The SMILES string of the molecule is CCOc1c(C(=O)NCC(C)Br)cccc1[N+](=O)[O-]. The first-order chi connectivity index (χ1) is 8.97. The number of nitro groups is 1. The Labute approximate surface area is 119 Å². The molecule has 0 aliphatic rings. The van der Waals surface area contributed by atoms with E-state index in [9.17, 15) is 14.9 Å². The molecule has 19 heavy (non-hydrogen) atoms. The molecule has 0 spiro atoms. The van der Waals surface area contributed by atoms with Crippen LogP contribution in [0, 0.1) is 10.1 Å². The summed E-state index contributed by atoms with van der Waals surface area (Å²) in [7, 11) is 0. The van der Waals surface area contributed by atoms with Crippen molar-refractivity contribution in [2.45, 2.75) is 18.7 Å². The van der Waals surface area contributed by atoms with E-state index in [0.29, 0.717) is 6.54 Å². The largest absolute Gasteiger partial charge is 0.487 e. The number of amides is 1. The van der Waals surface area contributed by atoms with Gasteiger partial charge in [0.05, 0.1) is 17.1 Å². The minimum atomic E-state index is -0.561. The summed E-state index contributed by atoms with van der Waals surface area (Å²) in [4.78, 5) is 22.5. The zero-order valence-corrected chi connectivity index (χ0v) is 12.3. The maximum atomic E-state index is 12.0. The number of nitrogens with zero attached hydrogens (tertiary/aromatic N) is 1. The number of para-hydroxylation sites is 1. The van der Waals surface area contributed by atoms with Crippen LogP contribution in [-0.4, -0.2) is 28.8 Å². The van der Waals surface area contributed by atoms with Gasteiger partial charge in [-0.15, -0.1) is 0 Å². The monoisotopic (exact) mass is 330 g/mol. The molecule has 0 saturated heterocycles. The minimum Gasteiger partial charge on any atom is -0.487 e. The average molecular weight is 331 g/mol. The van der Waals surface area contributed by atoms with Crippen molar-refractivity contribution >= 4 is 27.5 Å². The molecule has 0 saturated carbocycles. The predicted molar refractivity (Wildman–Crippen MR) is 75.0 cm³/mol. The summed E-state index contributed by atoms with van der Waals surface area (Å²) in [5, 5.41) is 13.6. The fourth-order valence-corrected chi connectivity index (χ4v) is 1.63. The molecule has 1 aromatic carbocycles. The summed E-state index contributed by atoms with van der Waals surface area (Å²) < 4.78 is 5.24. The molecular weight excluding hydrogens is 316 g/mol. The Morgan fingerprint density at radius 1 is 1.58 bits per heavy atom. The number of ether oxygens (including phenoxy) is 1. The van der Waals surface area contributed by atoms with Gasteiger partial charge in [-0.25, -0.2) is 0 Å². The van der Waals surface area contributed by atoms with E-state index in [2.05, 4.69) is 21.2 Å². The fraction of sp³-hybridized carbons (Fsp3) is 0.417. The van der Waals surface area contributed by atoms with Gasteiger partial charge in [-0.05, 0) is 13.0 Å². The molecule has 1 rings (SSSR count). The van der Waals surface area contributed by atoms with E-state index in [1.165, 1.54) is 18.2 Å². The Kier molecular flexibility index (Phi) is 5.75. The van der Waals surface area contributed by atoms with Crippen LogP contribution in [0.25, 0.3) is 0 Å². The zero-order valence-electron chi connectivity index (χ0n) is 10.7. The Bertz CT molecular complexity index is 477. The number of hydrogen-bond donors (Lipinski definition) is 1. The molecule has 0 aliphatic carbocycles. The van der Waals surface area contributed by atoms with E-state index < -0.39 is 10.8 Å². The van der Waals surface area contributed by atoms with Crippen molar-refractivity contribution in [3.63, 3.8) is 0 Å². The molecule has 1 amide bonds. The van der Waals surface area contributed by atoms with Gasteiger partial charge in [0.1, 0.15) is 0 Å². The van der Waals surface area contributed by atoms with Gasteiger partial charge < -0.3 is 10.1 Å². The van der Waals surface area contributed by atoms with E-state index in [1.807, 2.05) is 6.92 Å². The van der Waals surface area contributed by atoms with Crippen molar-refractivity contribution in [1.82, 2.24) is 5.32 Å². The van der Waals surface area contributed by atoms with Crippen LogP contribution in [-0.2, 0) is 0 Å². The van der Waals surface area contributed by atoms with Gasteiger partial charge in [-0.1, -0.05) is 28.9 Å². The molecule has 1 unspecified atom stereocenters. The average Bonchev–Trinajstić information content (AvgIpc) is 2.36. The summed E-state index contributed by atoms with van der Waals surface area (Å²) in [6, 6.07) is 4.29. The Morgan fingerprint density at radius 3 is 2.79 bits per heavy atom. The highest BCUT2D eigenvalue weighted by molar-refractivity contribution is 9.09. The van der Waals surface area contributed by atoms with Crippen molar-refractivity contribution in [2.75, 3.05) is 13.2 Å². The van der Waals surface area contributed by atoms with Gasteiger partial charge >= 0.3 is 5.69 Å². The Balaban J connectivity index is 3.08. The van der Waals surface area contributed by atoms with Crippen LogP contribution >= 0.6 is 15.9 Å². The van der Waals surface area contributed by atoms with E-state index in [4.69, 9.17) is 4.74 Å². The summed E-state index contributed by atoms with van der Waals surface area (Å²) in [5.74, 6) is -0.381. The van der Waals surface area contributed by atoms with Crippen LogP contribution < -0.4 is 10.1 Å². The molecule has 0 aromatic heterocycles. The number of carbonyl (C=O) groups excluding carboxylic acids is 1. The van der Waals surface area contributed by atoms with Crippen LogP contribution in [0.15, 0.2) is 18.2 Å². The van der Waals surface area contributed by atoms with E-state index in [-0.39, 0.29) is 28.4 Å². The smallest absolute Gasteiger partial charge is 0.311 e. The number of nitro benzene ring substituents is 1. The van der Waals surface area contributed by atoms with Crippen molar-refractivity contribution in [1.29, 1.82) is 0 Å². The standard InChI is InChI=1S/C12H15BrN2O4/c1-3-19-11-9(12(16)14-7-8(2)13)5-4-6-10(11)15(17)18/h4-6,8H,3,7H2,1-2H3,(H,14,16). The second kappa shape index (κ2) is 7.08.